The number of aromatic nitrogens is 1. The monoisotopic (exact) mass is 501 g/mol. The molecule has 1 fully saturated rings. The van der Waals surface area contributed by atoms with E-state index in [1.807, 2.05) is 24.3 Å². The van der Waals surface area contributed by atoms with Gasteiger partial charge in [0.05, 0.1) is 22.2 Å². The summed E-state index contributed by atoms with van der Waals surface area (Å²) in [5.74, 6) is -0.969. The van der Waals surface area contributed by atoms with E-state index < -0.39 is 21.9 Å². The molecule has 1 aromatic heterocycles. The second-order valence-corrected chi connectivity index (χ2v) is 11.3. The summed E-state index contributed by atoms with van der Waals surface area (Å²) in [6, 6.07) is 13.3. The van der Waals surface area contributed by atoms with Crippen LogP contribution in [0.25, 0.3) is 10.2 Å². The van der Waals surface area contributed by atoms with Gasteiger partial charge in [-0.1, -0.05) is 42.7 Å². The van der Waals surface area contributed by atoms with Crippen molar-refractivity contribution in [3.63, 3.8) is 0 Å². The second kappa shape index (κ2) is 10.2. The van der Waals surface area contributed by atoms with E-state index in [4.69, 9.17) is 4.74 Å². The number of esters is 1. The van der Waals surface area contributed by atoms with E-state index in [1.54, 1.807) is 11.6 Å². The molecular weight excluding hydrogens is 474 g/mol. The maximum atomic E-state index is 13.1. The number of sulfonamides is 1. The molecule has 1 amide bonds. The van der Waals surface area contributed by atoms with Crippen LogP contribution in [-0.2, 0) is 26.1 Å². The number of carbonyl (C=O) groups is 2. The number of amides is 1. The van der Waals surface area contributed by atoms with E-state index in [9.17, 15) is 18.0 Å². The first kappa shape index (κ1) is 24.3. The molecule has 0 bridgehead atoms. The Morgan fingerprint density at radius 1 is 1.09 bits per heavy atom. The Bertz CT molecular complexity index is 1370. The van der Waals surface area contributed by atoms with E-state index >= 15 is 0 Å². The zero-order valence-electron chi connectivity index (χ0n) is 19.1. The number of hydrogen-bond acceptors (Lipinski definition) is 6. The van der Waals surface area contributed by atoms with E-state index in [0.717, 1.165) is 42.3 Å². The Morgan fingerprint density at radius 2 is 1.76 bits per heavy atom. The summed E-state index contributed by atoms with van der Waals surface area (Å²) in [7, 11) is -0.710. The van der Waals surface area contributed by atoms with E-state index in [-0.39, 0.29) is 23.0 Å². The summed E-state index contributed by atoms with van der Waals surface area (Å²) >= 11 is 1.29. The van der Waals surface area contributed by atoms with Gasteiger partial charge < -0.3 is 9.30 Å². The second-order valence-electron chi connectivity index (χ2n) is 8.27. The van der Waals surface area contributed by atoms with Crippen molar-refractivity contribution < 1.29 is 22.7 Å². The first-order chi connectivity index (χ1) is 16.3. The molecule has 0 N–H and O–H groups in total. The molecule has 4 rings (SSSR count). The van der Waals surface area contributed by atoms with Crippen LogP contribution in [0.2, 0.25) is 0 Å². The lowest BCUT2D eigenvalue weighted by atomic mass is 9.96. The highest BCUT2D eigenvalue weighted by atomic mass is 32.2. The normalized spacial score (nSPS) is 15.7. The highest BCUT2D eigenvalue weighted by Crippen LogP contribution is 2.26. The van der Waals surface area contributed by atoms with E-state index in [1.165, 1.54) is 47.0 Å². The minimum Gasteiger partial charge on any atom is -0.468 e. The number of para-hydroxylation sites is 1. The van der Waals surface area contributed by atoms with Gasteiger partial charge in [0.2, 0.25) is 10.0 Å². The van der Waals surface area contributed by atoms with Crippen LogP contribution in [0.1, 0.15) is 42.5 Å². The Labute approximate surface area is 202 Å². The number of methoxy groups -OCH3 is 1. The van der Waals surface area contributed by atoms with Gasteiger partial charge in [0.25, 0.3) is 5.91 Å². The number of carbonyl (C=O) groups excluding carboxylic acids is 2. The lowest BCUT2D eigenvalue weighted by Crippen LogP contribution is -2.38. The van der Waals surface area contributed by atoms with Crippen LogP contribution in [0.15, 0.2) is 58.4 Å². The van der Waals surface area contributed by atoms with Crippen molar-refractivity contribution in [2.75, 3.05) is 14.2 Å². The van der Waals surface area contributed by atoms with Crippen molar-refractivity contribution in [2.45, 2.75) is 49.6 Å². The number of nitrogens with zero attached hydrogens (tertiary/aromatic N) is 3. The molecule has 3 aromatic rings. The van der Waals surface area contributed by atoms with Gasteiger partial charge in [-0.15, -0.1) is 0 Å². The third-order valence-corrected chi connectivity index (χ3v) is 9.15. The molecule has 1 heterocycles. The van der Waals surface area contributed by atoms with Gasteiger partial charge in [-0.25, -0.2) is 8.42 Å². The molecule has 0 aliphatic heterocycles. The molecule has 0 atom stereocenters. The number of fused-ring (bicyclic) bond motifs is 1. The fourth-order valence-corrected chi connectivity index (χ4v) is 6.62. The van der Waals surface area contributed by atoms with Gasteiger partial charge in [0.1, 0.15) is 6.54 Å². The topological polar surface area (TPSA) is 98.0 Å². The number of hydrogen-bond donors (Lipinski definition) is 0. The summed E-state index contributed by atoms with van der Waals surface area (Å²) in [5.41, 5.74) is 1.04. The Morgan fingerprint density at radius 3 is 2.44 bits per heavy atom. The van der Waals surface area contributed by atoms with Crippen LogP contribution < -0.4 is 4.80 Å². The van der Waals surface area contributed by atoms with E-state index in [0.29, 0.717) is 4.80 Å². The highest BCUT2D eigenvalue weighted by Gasteiger charge is 2.29. The summed E-state index contributed by atoms with van der Waals surface area (Å²) in [6.45, 7) is -0.0721. The van der Waals surface area contributed by atoms with Crippen molar-refractivity contribution in [3.05, 3.63) is 58.9 Å². The third-order valence-electron chi connectivity index (χ3n) is 6.17. The number of ether oxygens (including phenoxy) is 1. The fourth-order valence-electron chi connectivity index (χ4n) is 4.18. The van der Waals surface area contributed by atoms with Crippen molar-refractivity contribution >= 4 is 43.5 Å². The van der Waals surface area contributed by atoms with Crippen molar-refractivity contribution in [2.24, 2.45) is 4.99 Å². The smallest absolute Gasteiger partial charge is 0.325 e. The van der Waals surface area contributed by atoms with E-state index in [2.05, 4.69) is 4.99 Å². The zero-order chi connectivity index (χ0) is 24.3. The molecule has 34 heavy (non-hydrogen) atoms. The molecule has 2 aromatic carbocycles. The number of thiazole rings is 1. The van der Waals surface area contributed by atoms with Crippen molar-refractivity contribution in [1.29, 1.82) is 0 Å². The van der Waals surface area contributed by atoms with Crippen LogP contribution in [0.5, 0.6) is 0 Å². The molecule has 0 spiro atoms. The average Bonchev–Trinajstić information content (AvgIpc) is 3.20. The van der Waals surface area contributed by atoms with Crippen LogP contribution >= 0.6 is 11.3 Å². The summed E-state index contributed by atoms with van der Waals surface area (Å²) in [6.07, 6.45) is 4.95. The first-order valence-electron chi connectivity index (χ1n) is 11.1. The molecular formula is C24H27N3O5S2. The molecule has 0 radical (unpaired) electrons. The lowest BCUT2D eigenvalue weighted by molar-refractivity contribution is -0.141. The van der Waals surface area contributed by atoms with Gasteiger partial charge in [-0.3, -0.25) is 9.59 Å². The average molecular weight is 502 g/mol. The maximum Gasteiger partial charge on any atom is 0.325 e. The molecule has 0 unspecified atom stereocenters. The lowest BCUT2D eigenvalue weighted by Gasteiger charge is -2.30. The van der Waals surface area contributed by atoms with Crippen molar-refractivity contribution in [1.82, 2.24) is 8.87 Å². The SMILES string of the molecule is COC(=O)Cn1c(=NC(=O)c2ccc(S(=O)(=O)N(C)C3CCCCC3)cc2)sc2ccccc21. The van der Waals surface area contributed by atoms with Crippen LogP contribution in [0, 0.1) is 0 Å². The van der Waals surface area contributed by atoms with Crippen LogP contribution in [0.4, 0.5) is 0 Å². The van der Waals surface area contributed by atoms with Gasteiger partial charge >= 0.3 is 5.97 Å². The molecule has 180 valence electrons. The molecule has 1 aliphatic carbocycles. The Kier molecular flexibility index (Phi) is 7.30. The molecule has 8 nitrogen and oxygen atoms in total. The van der Waals surface area contributed by atoms with Crippen molar-refractivity contribution in [3.8, 4) is 0 Å². The zero-order valence-corrected chi connectivity index (χ0v) is 20.8. The standard InChI is InChI=1S/C24H27N3O5S2/c1-26(18-8-4-3-5-9-18)34(30,31)19-14-12-17(13-15-19)23(29)25-24-27(16-22(28)32-2)20-10-6-7-11-21(20)33-24/h6-7,10-15,18H,3-5,8-9,16H2,1-2H3. The quantitative estimate of drug-likeness (QED) is 0.481. The summed E-state index contributed by atoms with van der Waals surface area (Å²) in [4.78, 5) is 29.5. The predicted molar refractivity (Wildman–Crippen MR) is 130 cm³/mol. The first-order valence-corrected chi connectivity index (χ1v) is 13.4. The summed E-state index contributed by atoms with van der Waals surface area (Å²) in [5, 5.41) is 0. The molecule has 0 saturated heterocycles. The molecule has 1 aliphatic rings. The minimum absolute atomic E-state index is 0.00766. The number of benzene rings is 2. The van der Waals surface area contributed by atoms with Gasteiger partial charge in [-0.2, -0.15) is 9.30 Å². The van der Waals surface area contributed by atoms with Gasteiger partial charge in [-0.05, 0) is 49.2 Å². The maximum absolute atomic E-state index is 13.1. The predicted octanol–water partition coefficient (Wildman–Crippen LogP) is 3.57. The third kappa shape index (κ3) is 4.98. The van der Waals surface area contributed by atoms with Crippen LogP contribution in [0.3, 0.4) is 0 Å². The Balaban J connectivity index is 1.62. The number of rotatable bonds is 6. The fraction of sp³-hybridized carbons (Fsp3) is 0.375. The Hall–Kier alpha value is -2.82. The van der Waals surface area contributed by atoms with Crippen LogP contribution in [-0.4, -0.2) is 49.4 Å². The molecule has 1 saturated carbocycles. The summed E-state index contributed by atoms with van der Waals surface area (Å²) < 4.78 is 34.9. The highest BCUT2D eigenvalue weighted by molar-refractivity contribution is 7.89. The van der Waals surface area contributed by atoms with Gasteiger partial charge in [0.15, 0.2) is 4.80 Å². The van der Waals surface area contributed by atoms with Gasteiger partial charge in [0, 0.05) is 18.7 Å². The minimum atomic E-state index is -3.64. The largest absolute Gasteiger partial charge is 0.468 e. The molecule has 10 heteroatoms.